The number of hydrogen-bond acceptors (Lipinski definition) is 6. The summed E-state index contributed by atoms with van der Waals surface area (Å²) in [4.78, 5) is 32.7. The molecular weight excluding hydrogens is 266 g/mol. The van der Waals surface area contributed by atoms with E-state index in [1.165, 1.54) is 18.2 Å². The predicted molar refractivity (Wildman–Crippen MR) is 69.7 cm³/mol. The summed E-state index contributed by atoms with van der Waals surface area (Å²) in [6.07, 6.45) is 0. The molecule has 108 valence electrons. The fourth-order valence-electron chi connectivity index (χ4n) is 1.32. The highest BCUT2D eigenvalue weighted by molar-refractivity contribution is 5.82. The third-order valence-electron chi connectivity index (χ3n) is 2.41. The van der Waals surface area contributed by atoms with Crippen molar-refractivity contribution in [3.05, 3.63) is 28.3 Å². The number of hydrogen-bond donors (Lipinski definition) is 0. The van der Waals surface area contributed by atoms with Crippen LogP contribution >= 0.6 is 0 Å². The van der Waals surface area contributed by atoms with E-state index in [0.717, 1.165) is 6.92 Å². The van der Waals surface area contributed by atoms with Crippen LogP contribution in [0.5, 0.6) is 11.5 Å². The quantitative estimate of drug-likeness (QED) is 0.343. The number of Topliss-reactive ketones (excluding diaryl/α,β-unsaturated/α-hetero) is 1. The lowest BCUT2D eigenvalue weighted by Gasteiger charge is -2.11. The molecule has 7 nitrogen and oxygen atoms in total. The van der Waals surface area contributed by atoms with Gasteiger partial charge in [-0.15, -0.1) is 0 Å². The Labute approximate surface area is 115 Å². The van der Waals surface area contributed by atoms with Crippen molar-refractivity contribution in [2.75, 3.05) is 6.61 Å². The number of carbonyl (C=O) groups is 2. The highest BCUT2D eigenvalue weighted by atomic mass is 16.6. The van der Waals surface area contributed by atoms with Crippen LogP contribution < -0.4 is 9.47 Å². The number of benzene rings is 1. The first-order chi connectivity index (χ1) is 9.32. The Balaban J connectivity index is 3.05. The molecule has 0 saturated heterocycles. The highest BCUT2D eigenvalue weighted by Crippen LogP contribution is 2.36. The standard InChI is InChI=1S/C13H15NO6/c1-8(2)11(16)7-19-12-6-4-5-10(14(17)18)13(12)20-9(3)15/h4-6,8H,7H2,1-3H3. The number of ether oxygens (including phenoxy) is 2. The molecule has 1 aromatic rings. The number of nitro benzene ring substituents is 1. The minimum Gasteiger partial charge on any atom is -0.482 e. The molecule has 0 aliphatic carbocycles. The maximum absolute atomic E-state index is 11.5. The molecule has 0 heterocycles. The van der Waals surface area contributed by atoms with Crippen molar-refractivity contribution in [2.45, 2.75) is 20.8 Å². The molecule has 0 bridgehead atoms. The molecule has 0 amide bonds. The molecule has 0 atom stereocenters. The van der Waals surface area contributed by atoms with Crippen LogP contribution in [0.4, 0.5) is 5.69 Å². The average molecular weight is 281 g/mol. The number of rotatable bonds is 6. The number of carbonyl (C=O) groups excluding carboxylic acids is 2. The minimum absolute atomic E-state index is 0.0107. The second kappa shape index (κ2) is 6.65. The molecule has 0 aliphatic rings. The zero-order valence-electron chi connectivity index (χ0n) is 11.4. The van der Waals surface area contributed by atoms with Gasteiger partial charge in [0.05, 0.1) is 4.92 Å². The van der Waals surface area contributed by atoms with Gasteiger partial charge >= 0.3 is 11.7 Å². The molecule has 0 unspecified atom stereocenters. The van der Waals surface area contributed by atoms with Gasteiger partial charge in [0.25, 0.3) is 0 Å². The number of nitro groups is 1. The molecule has 0 N–H and O–H groups in total. The Morgan fingerprint density at radius 3 is 2.50 bits per heavy atom. The fraction of sp³-hybridized carbons (Fsp3) is 0.385. The third kappa shape index (κ3) is 4.04. The van der Waals surface area contributed by atoms with E-state index in [2.05, 4.69) is 0 Å². The van der Waals surface area contributed by atoms with Gasteiger partial charge in [0.1, 0.15) is 6.61 Å². The van der Waals surface area contributed by atoms with Crippen molar-refractivity contribution in [1.82, 2.24) is 0 Å². The smallest absolute Gasteiger partial charge is 0.315 e. The molecule has 0 fully saturated rings. The van der Waals surface area contributed by atoms with E-state index in [0.29, 0.717) is 0 Å². The van der Waals surface area contributed by atoms with Crippen molar-refractivity contribution < 1.29 is 24.0 Å². The molecule has 0 saturated carbocycles. The fourth-order valence-corrected chi connectivity index (χ4v) is 1.32. The van der Waals surface area contributed by atoms with Crippen LogP contribution in [-0.4, -0.2) is 23.3 Å². The lowest BCUT2D eigenvalue weighted by Crippen LogP contribution is -2.17. The Bertz CT molecular complexity index is 538. The Kier molecular flexibility index (Phi) is 5.19. The van der Waals surface area contributed by atoms with Gasteiger partial charge in [-0.3, -0.25) is 19.7 Å². The monoisotopic (exact) mass is 281 g/mol. The first kappa shape index (κ1) is 15.6. The van der Waals surface area contributed by atoms with Gasteiger partial charge in [-0.05, 0) is 6.07 Å². The van der Waals surface area contributed by atoms with Crippen molar-refractivity contribution in [3.63, 3.8) is 0 Å². The van der Waals surface area contributed by atoms with Gasteiger partial charge in [0.15, 0.2) is 11.5 Å². The Morgan fingerprint density at radius 2 is 2.00 bits per heavy atom. The molecule has 7 heteroatoms. The van der Waals surface area contributed by atoms with Crippen LogP contribution in [0.15, 0.2) is 18.2 Å². The molecular formula is C13H15NO6. The lowest BCUT2D eigenvalue weighted by atomic mass is 10.1. The zero-order chi connectivity index (χ0) is 15.3. The summed E-state index contributed by atoms with van der Waals surface area (Å²) in [5, 5.41) is 10.9. The van der Waals surface area contributed by atoms with E-state index < -0.39 is 16.6 Å². The zero-order valence-corrected chi connectivity index (χ0v) is 11.4. The lowest BCUT2D eigenvalue weighted by molar-refractivity contribution is -0.385. The normalized spacial score (nSPS) is 10.2. The van der Waals surface area contributed by atoms with Gasteiger partial charge in [-0.2, -0.15) is 0 Å². The molecule has 1 rings (SSSR count). The summed E-state index contributed by atoms with van der Waals surface area (Å²) >= 11 is 0. The van der Waals surface area contributed by atoms with Crippen molar-refractivity contribution in [3.8, 4) is 11.5 Å². The SMILES string of the molecule is CC(=O)Oc1c(OCC(=O)C(C)C)cccc1[N+](=O)[O-]. The van der Waals surface area contributed by atoms with Gasteiger partial charge in [-0.25, -0.2) is 0 Å². The first-order valence-electron chi connectivity index (χ1n) is 5.94. The van der Waals surface area contributed by atoms with Crippen molar-refractivity contribution in [1.29, 1.82) is 0 Å². The summed E-state index contributed by atoms with van der Waals surface area (Å²) < 4.78 is 10.0. The van der Waals surface area contributed by atoms with Crippen LogP contribution in [0.3, 0.4) is 0 Å². The van der Waals surface area contributed by atoms with Gasteiger partial charge < -0.3 is 9.47 Å². The van der Waals surface area contributed by atoms with Crippen LogP contribution in [0.2, 0.25) is 0 Å². The second-order valence-corrected chi connectivity index (χ2v) is 4.36. The van der Waals surface area contributed by atoms with Crippen LogP contribution in [0, 0.1) is 16.0 Å². The maximum atomic E-state index is 11.5. The summed E-state index contributed by atoms with van der Waals surface area (Å²) in [5.41, 5.74) is -0.394. The second-order valence-electron chi connectivity index (χ2n) is 4.36. The van der Waals surface area contributed by atoms with Gasteiger partial charge in [0.2, 0.25) is 5.75 Å². The van der Waals surface area contributed by atoms with Gasteiger partial charge in [-0.1, -0.05) is 19.9 Å². The molecule has 20 heavy (non-hydrogen) atoms. The summed E-state index contributed by atoms with van der Waals surface area (Å²) in [7, 11) is 0. The average Bonchev–Trinajstić information content (AvgIpc) is 2.35. The summed E-state index contributed by atoms with van der Waals surface area (Å²) in [6.45, 7) is 4.31. The Morgan fingerprint density at radius 1 is 1.35 bits per heavy atom. The number of nitrogens with zero attached hydrogens (tertiary/aromatic N) is 1. The highest BCUT2D eigenvalue weighted by Gasteiger charge is 2.22. The van der Waals surface area contributed by atoms with Crippen molar-refractivity contribution in [2.24, 2.45) is 5.92 Å². The van der Waals surface area contributed by atoms with Crippen LogP contribution in [0.25, 0.3) is 0 Å². The molecule has 0 aliphatic heterocycles. The first-order valence-corrected chi connectivity index (χ1v) is 5.94. The topological polar surface area (TPSA) is 95.7 Å². The number of esters is 1. The van der Waals surface area contributed by atoms with E-state index in [1.807, 2.05) is 0 Å². The van der Waals surface area contributed by atoms with E-state index in [9.17, 15) is 19.7 Å². The Hall–Kier alpha value is -2.44. The van der Waals surface area contributed by atoms with E-state index in [-0.39, 0.29) is 29.8 Å². The minimum atomic E-state index is -0.709. The summed E-state index contributed by atoms with van der Waals surface area (Å²) in [5.74, 6) is -1.39. The number of para-hydroxylation sites is 1. The van der Waals surface area contributed by atoms with Crippen molar-refractivity contribution >= 4 is 17.4 Å². The molecule has 0 radical (unpaired) electrons. The third-order valence-corrected chi connectivity index (χ3v) is 2.41. The largest absolute Gasteiger partial charge is 0.482 e. The molecule has 0 spiro atoms. The van der Waals surface area contributed by atoms with Crippen LogP contribution in [0.1, 0.15) is 20.8 Å². The van der Waals surface area contributed by atoms with Crippen LogP contribution in [-0.2, 0) is 9.59 Å². The van der Waals surface area contributed by atoms with E-state index in [4.69, 9.17) is 9.47 Å². The van der Waals surface area contributed by atoms with Gasteiger partial charge in [0, 0.05) is 18.9 Å². The predicted octanol–water partition coefficient (Wildman–Crippen LogP) is 2.12. The number of ketones is 1. The van der Waals surface area contributed by atoms with E-state index in [1.54, 1.807) is 13.8 Å². The molecule has 0 aromatic heterocycles. The maximum Gasteiger partial charge on any atom is 0.315 e. The molecule has 1 aromatic carbocycles. The van der Waals surface area contributed by atoms with E-state index >= 15 is 0 Å². The summed E-state index contributed by atoms with van der Waals surface area (Å²) in [6, 6.07) is 3.98.